The molecule has 0 atom stereocenters. The molecule has 0 spiro atoms. The van der Waals surface area contributed by atoms with Crippen LogP contribution in [0.5, 0.6) is 5.75 Å². The molecule has 0 bridgehead atoms. The van der Waals surface area contributed by atoms with Gasteiger partial charge in [0.2, 0.25) is 5.95 Å². The molecule has 130 valence electrons. The highest BCUT2D eigenvalue weighted by molar-refractivity contribution is 9.10. The second kappa shape index (κ2) is 7.35. The summed E-state index contributed by atoms with van der Waals surface area (Å²) in [5.74, 6) is 0.733. The van der Waals surface area contributed by atoms with E-state index < -0.39 is 0 Å². The summed E-state index contributed by atoms with van der Waals surface area (Å²) in [4.78, 5) is 13.0. The van der Waals surface area contributed by atoms with Crippen LogP contribution in [-0.4, -0.2) is 15.0 Å². The number of hydrogen-bond acceptors (Lipinski definition) is 6. The zero-order valence-electron chi connectivity index (χ0n) is 13.3. The van der Waals surface area contributed by atoms with E-state index in [-0.39, 0.29) is 5.82 Å². The Bertz CT molecular complexity index is 1060. The number of nitrogens with one attached hydrogen (secondary N) is 1. The van der Waals surface area contributed by atoms with E-state index in [1.165, 1.54) is 23.5 Å². The third-order valence-electron chi connectivity index (χ3n) is 3.55. The molecule has 0 fully saturated rings. The maximum Gasteiger partial charge on any atom is 0.227 e. The standard InChI is InChI=1S/C18H12BrFN4OS/c19-14-6-11-9-22-18(23-13-3-1-2-12(20)7-13)24-15(11)8-16(14)25-10-17-21-4-5-26-17/h1-9H,10H2,(H,22,23,24). The van der Waals surface area contributed by atoms with Gasteiger partial charge in [0.15, 0.2) is 0 Å². The van der Waals surface area contributed by atoms with Gasteiger partial charge in [0.1, 0.15) is 23.2 Å². The first-order chi connectivity index (χ1) is 12.7. The second-order valence-electron chi connectivity index (χ2n) is 5.38. The number of thiazole rings is 1. The van der Waals surface area contributed by atoms with Crippen molar-refractivity contribution in [2.75, 3.05) is 5.32 Å². The van der Waals surface area contributed by atoms with Crippen molar-refractivity contribution in [3.63, 3.8) is 0 Å². The summed E-state index contributed by atoms with van der Waals surface area (Å²) in [6.07, 6.45) is 3.45. The van der Waals surface area contributed by atoms with Crippen LogP contribution in [0.2, 0.25) is 0 Å². The Balaban J connectivity index is 1.60. The molecule has 8 heteroatoms. The summed E-state index contributed by atoms with van der Waals surface area (Å²) in [5, 5.41) is 6.67. The average Bonchev–Trinajstić information content (AvgIpc) is 3.14. The molecule has 4 aromatic rings. The molecule has 2 heterocycles. The first-order valence-corrected chi connectivity index (χ1v) is 9.35. The fourth-order valence-electron chi connectivity index (χ4n) is 2.36. The van der Waals surface area contributed by atoms with Gasteiger partial charge in [0.25, 0.3) is 0 Å². The first kappa shape index (κ1) is 16.9. The lowest BCUT2D eigenvalue weighted by atomic mass is 10.2. The molecule has 2 aromatic carbocycles. The molecule has 0 unspecified atom stereocenters. The minimum Gasteiger partial charge on any atom is -0.485 e. The average molecular weight is 431 g/mol. The summed E-state index contributed by atoms with van der Waals surface area (Å²) in [7, 11) is 0. The van der Waals surface area contributed by atoms with Crippen LogP contribution in [0.3, 0.4) is 0 Å². The van der Waals surface area contributed by atoms with Crippen LogP contribution in [0.25, 0.3) is 10.9 Å². The highest BCUT2D eigenvalue weighted by atomic mass is 79.9. The fourth-order valence-corrected chi connectivity index (χ4v) is 3.36. The van der Waals surface area contributed by atoms with E-state index in [0.29, 0.717) is 24.0 Å². The molecule has 0 radical (unpaired) electrons. The third-order valence-corrected chi connectivity index (χ3v) is 4.92. The molecule has 0 amide bonds. The van der Waals surface area contributed by atoms with E-state index in [9.17, 15) is 4.39 Å². The van der Waals surface area contributed by atoms with Crippen molar-refractivity contribution in [3.8, 4) is 5.75 Å². The van der Waals surface area contributed by atoms with Crippen molar-refractivity contribution >= 4 is 49.8 Å². The van der Waals surface area contributed by atoms with Crippen molar-refractivity contribution in [2.24, 2.45) is 0 Å². The number of benzene rings is 2. The van der Waals surface area contributed by atoms with Crippen LogP contribution in [0.4, 0.5) is 16.0 Å². The van der Waals surface area contributed by atoms with Crippen LogP contribution in [0.15, 0.2) is 58.6 Å². The quantitative estimate of drug-likeness (QED) is 0.464. The van der Waals surface area contributed by atoms with Crippen molar-refractivity contribution in [1.82, 2.24) is 15.0 Å². The maximum atomic E-state index is 13.3. The van der Waals surface area contributed by atoms with Crippen LogP contribution >= 0.6 is 27.3 Å². The maximum absolute atomic E-state index is 13.3. The van der Waals surface area contributed by atoms with Crippen LogP contribution in [0, 0.1) is 5.82 Å². The number of hydrogen-bond donors (Lipinski definition) is 1. The molecule has 5 nitrogen and oxygen atoms in total. The van der Waals surface area contributed by atoms with E-state index in [4.69, 9.17) is 4.74 Å². The van der Waals surface area contributed by atoms with Gasteiger partial charge in [-0.25, -0.2) is 19.3 Å². The lowest BCUT2D eigenvalue weighted by molar-refractivity contribution is 0.304. The van der Waals surface area contributed by atoms with E-state index in [1.54, 1.807) is 24.5 Å². The van der Waals surface area contributed by atoms with Gasteiger partial charge < -0.3 is 10.1 Å². The predicted molar refractivity (Wildman–Crippen MR) is 103 cm³/mol. The zero-order chi connectivity index (χ0) is 17.9. The fraction of sp³-hybridized carbons (Fsp3) is 0.0556. The summed E-state index contributed by atoms with van der Waals surface area (Å²) in [5.41, 5.74) is 1.30. The van der Waals surface area contributed by atoms with Gasteiger partial charge in [0, 0.05) is 34.9 Å². The Morgan fingerprint density at radius 3 is 2.92 bits per heavy atom. The number of anilines is 2. The molecule has 1 N–H and O–H groups in total. The molecule has 0 aliphatic heterocycles. The Kier molecular flexibility index (Phi) is 4.77. The summed E-state index contributed by atoms with van der Waals surface area (Å²) < 4.78 is 20.0. The van der Waals surface area contributed by atoms with Crippen LogP contribution < -0.4 is 10.1 Å². The SMILES string of the molecule is Fc1cccc(Nc2ncc3cc(Br)c(OCc4nccs4)cc3n2)c1. The molecule has 26 heavy (non-hydrogen) atoms. The molecule has 0 saturated heterocycles. The Hall–Kier alpha value is -2.58. The number of nitrogens with zero attached hydrogens (tertiary/aromatic N) is 3. The molecule has 4 rings (SSSR count). The molecular formula is C18H12BrFN4OS. The van der Waals surface area contributed by atoms with Gasteiger partial charge in [0.05, 0.1) is 9.99 Å². The largest absolute Gasteiger partial charge is 0.485 e. The van der Waals surface area contributed by atoms with E-state index in [1.807, 2.05) is 17.5 Å². The van der Waals surface area contributed by atoms with E-state index >= 15 is 0 Å². The van der Waals surface area contributed by atoms with Gasteiger partial charge in [-0.3, -0.25) is 0 Å². The minimum atomic E-state index is -0.322. The minimum absolute atomic E-state index is 0.322. The third kappa shape index (κ3) is 3.81. The predicted octanol–water partition coefficient (Wildman–Crippen LogP) is 5.31. The van der Waals surface area contributed by atoms with Crippen molar-refractivity contribution in [3.05, 3.63) is 69.5 Å². The Morgan fingerprint density at radius 2 is 2.12 bits per heavy atom. The topological polar surface area (TPSA) is 59.9 Å². The smallest absolute Gasteiger partial charge is 0.227 e. The van der Waals surface area contributed by atoms with Gasteiger partial charge in [-0.1, -0.05) is 6.07 Å². The van der Waals surface area contributed by atoms with Crippen LogP contribution in [-0.2, 0) is 6.61 Å². The highest BCUT2D eigenvalue weighted by Crippen LogP contribution is 2.31. The van der Waals surface area contributed by atoms with E-state index in [0.717, 1.165) is 20.4 Å². The lowest BCUT2D eigenvalue weighted by Crippen LogP contribution is -1.99. The van der Waals surface area contributed by atoms with Gasteiger partial charge in [-0.2, -0.15) is 0 Å². The number of rotatable bonds is 5. The van der Waals surface area contributed by atoms with Gasteiger partial charge in [-0.15, -0.1) is 11.3 Å². The van der Waals surface area contributed by atoms with Gasteiger partial charge >= 0.3 is 0 Å². The summed E-state index contributed by atoms with van der Waals surface area (Å²) in [6, 6.07) is 9.89. The molecule has 2 aromatic heterocycles. The molecule has 0 saturated carbocycles. The van der Waals surface area contributed by atoms with Crippen molar-refractivity contribution in [2.45, 2.75) is 6.61 Å². The first-order valence-electron chi connectivity index (χ1n) is 7.67. The highest BCUT2D eigenvalue weighted by Gasteiger charge is 2.08. The van der Waals surface area contributed by atoms with E-state index in [2.05, 4.69) is 36.2 Å². The molecule has 0 aliphatic rings. The second-order valence-corrected chi connectivity index (χ2v) is 7.22. The van der Waals surface area contributed by atoms with Crippen molar-refractivity contribution in [1.29, 1.82) is 0 Å². The van der Waals surface area contributed by atoms with Gasteiger partial charge in [-0.05, 0) is 40.2 Å². The Labute approximate surface area is 161 Å². The monoisotopic (exact) mass is 430 g/mol. The van der Waals surface area contributed by atoms with Crippen LogP contribution in [0.1, 0.15) is 5.01 Å². The number of aromatic nitrogens is 3. The normalized spacial score (nSPS) is 10.8. The number of halogens is 2. The summed E-state index contributed by atoms with van der Waals surface area (Å²) >= 11 is 5.05. The molecular weight excluding hydrogens is 419 g/mol. The number of fused-ring (bicyclic) bond motifs is 1. The summed E-state index contributed by atoms with van der Waals surface area (Å²) in [6.45, 7) is 0.390. The lowest BCUT2D eigenvalue weighted by Gasteiger charge is -2.09. The molecule has 0 aliphatic carbocycles. The number of ether oxygens (including phenoxy) is 1. The zero-order valence-corrected chi connectivity index (χ0v) is 15.7. The Morgan fingerprint density at radius 1 is 1.19 bits per heavy atom. The van der Waals surface area contributed by atoms with Crippen molar-refractivity contribution < 1.29 is 9.13 Å².